The lowest BCUT2D eigenvalue weighted by Gasteiger charge is -2.17. The SMILES string of the molecule is CCOCCC(N)c1ccccc1OC(F)(F)F. The molecule has 0 radical (unpaired) electrons. The molecule has 18 heavy (non-hydrogen) atoms. The molecular formula is C12H16F3NO2. The maximum absolute atomic E-state index is 12.2. The molecule has 0 aliphatic heterocycles. The molecule has 1 rings (SSSR count). The van der Waals surface area contributed by atoms with Crippen LogP contribution in [0.15, 0.2) is 24.3 Å². The normalized spacial score (nSPS) is 13.4. The molecule has 0 aromatic heterocycles. The van der Waals surface area contributed by atoms with Crippen molar-refractivity contribution in [3.8, 4) is 5.75 Å². The maximum Gasteiger partial charge on any atom is 0.573 e. The molecule has 0 bridgehead atoms. The van der Waals surface area contributed by atoms with Gasteiger partial charge in [-0.1, -0.05) is 18.2 Å². The third-order valence-corrected chi connectivity index (χ3v) is 2.32. The Kier molecular flexibility index (Phi) is 5.43. The van der Waals surface area contributed by atoms with E-state index in [1.807, 2.05) is 6.92 Å². The lowest BCUT2D eigenvalue weighted by molar-refractivity contribution is -0.275. The summed E-state index contributed by atoms with van der Waals surface area (Å²) in [5, 5.41) is 0. The van der Waals surface area contributed by atoms with Crippen LogP contribution in [0, 0.1) is 0 Å². The summed E-state index contributed by atoms with van der Waals surface area (Å²) in [4.78, 5) is 0. The van der Waals surface area contributed by atoms with E-state index in [-0.39, 0.29) is 5.75 Å². The molecule has 0 fully saturated rings. The average Bonchev–Trinajstić information content (AvgIpc) is 2.27. The van der Waals surface area contributed by atoms with Crippen molar-refractivity contribution in [3.63, 3.8) is 0 Å². The molecule has 102 valence electrons. The Morgan fingerprint density at radius 1 is 1.28 bits per heavy atom. The molecule has 1 aromatic rings. The predicted molar refractivity (Wildman–Crippen MR) is 61.2 cm³/mol. The van der Waals surface area contributed by atoms with E-state index in [0.717, 1.165) is 0 Å². The molecule has 6 heteroatoms. The van der Waals surface area contributed by atoms with Gasteiger partial charge in [-0.15, -0.1) is 13.2 Å². The molecule has 0 aliphatic rings. The van der Waals surface area contributed by atoms with Gasteiger partial charge >= 0.3 is 6.36 Å². The van der Waals surface area contributed by atoms with Crippen LogP contribution in [0.3, 0.4) is 0 Å². The topological polar surface area (TPSA) is 44.5 Å². The second-order valence-corrected chi connectivity index (χ2v) is 3.68. The van der Waals surface area contributed by atoms with E-state index in [9.17, 15) is 13.2 Å². The van der Waals surface area contributed by atoms with E-state index in [1.54, 1.807) is 6.07 Å². The smallest absolute Gasteiger partial charge is 0.405 e. The fourth-order valence-electron chi connectivity index (χ4n) is 1.51. The van der Waals surface area contributed by atoms with E-state index in [0.29, 0.717) is 25.2 Å². The van der Waals surface area contributed by atoms with Crippen molar-refractivity contribution in [1.29, 1.82) is 0 Å². The Morgan fingerprint density at radius 3 is 2.56 bits per heavy atom. The highest BCUT2D eigenvalue weighted by molar-refractivity contribution is 5.35. The fourth-order valence-corrected chi connectivity index (χ4v) is 1.51. The van der Waals surface area contributed by atoms with Gasteiger partial charge in [-0.25, -0.2) is 0 Å². The summed E-state index contributed by atoms with van der Waals surface area (Å²) in [5.74, 6) is -0.256. The molecule has 0 amide bonds. The number of alkyl halides is 3. The van der Waals surface area contributed by atoms with Gasteiger partial charge < -0.3 is 15.2 Å². The van der Waals surface area contributed by atoms with E-state index in [1.165, 1.54) is 18.2 Å². The van der Waals surface area contributed by atoms with Crippen molar-refractivity contribution in [3.05, 3.63) is 29.8 Å². The molecule has 3 nitrogen and oxygen atoms in total. The molecule has 0 spiro atoms. The van der Waals surface area contributed by atoms with Crippen molar-refractivity contribution < 1.29 is 22.6 Å². The van der Waals surface area contributed by atoms with Crippen molar-refractivity contribution in [2.45, 2.75) is 25.7 Å². The van der Waals surface area contributed by atoms with Crippen molar-refractivity contribution >= 4 is 0 Å². The summed E-state index contributed by atoms with van der Waals surface area (Å²) in [6.45, 7) is 2.79. The largest absolute Gasteiger partial charge is 0.573 e. The standard InChI is InChI=1S/C12H16F3NO2/c1-2-17-8-7-10(16)9-5-3-4-6-11(9)18-12(13,14)15/h3-6,10H,2,7-8,16H2,1H3. The maximum atomic E-state index is 12.2. The highest BCUT2D eigenvalue weighted by atomic mass is 19.4. The number of para-hydroxylation sites is 1. The van der Waals surface area contributed by atoms with Gasteiger partial charge in [0, 0.05) is 24.8 Å². The first-order chi connectivity index (χ1) is 8.44. The molecular weight excluding hydrogens is 247 g/mol. The van der Waals surface area contributed by atoms with Crippen LogP contribution in [0.4, 0.5) is 13.2 Å². The van der Waals surface area contributed by atoms with Crippen LogP contribution in [-0.2, 0) is 4.74 Å². The van der Waals surface area contributed by atoms with Crippen LogP contribution in [0.1, 0.15) is 24.9 Å². The minimum absolute atomic E-state index is 0.256. The number of benzene rings is 1. The van der Waals surface area contributed by atoms with Crippen LogP contribution in [0.25, 0.3) is 0 Å². The molecule has 0 saturated heterocycles. The van der Waals surface area contributed by atoms with Gasteiger partial charge in [0.2, 0.25) is 0 Å². The Balaban J connectivity index is 2.74. The molecule has 1 atom stereocenters. The number of rotatable bonds is 6. The van der Waals surface area contributed by atoms with Crippen LogP contribution >= 0.6 is 0 Å². The fraction of sp³-hybridized carbons (Fsp3) is 0.500. The highest BCUT2D eigenvalue weighted by Gasteiger charge is 2.32. The second-order valence-electron chi connectivity index (χ2n) is 3.68. The number of ether oxygens (including phenoxy) is 2. The first kappa shape index (κ1) is 14.8. The molecule has 0 heterocycles. The van der Waals surface area contributed by atoms with E-state index >= 15 is 0 Å². The zero-order valence-electron chi connectivity index (χ0n) is 10.0. The van der Waals surface area contributed by atoms with Gasteiger partial charge in [-0.2, -0.15) is 0 Å². The summed E-state index contributed by atoms with van der Waals surface area (Å²) >= 11 is 0. The van der Waals surface area contributed by atoms with Gasteiger partial charge in [0.1, 0.15) is 5.75 Å². The van der Waals surface area contributed by atoms with Crippen LogP contribution in [0.2, 0.25) is 0 Å². The zero-order chi connectivity index (χ0) is 13.6. The van der Waals surface area contributed by atoms with Crippen LogP contribution in [0.5, 0.6) is 5.75 Å². The summed E-state index contributed by atoms with van der Waals surface area (Å²) < 4.78 is 45.7. The number of halogens is 3. The Bertz CT molecular complexity index is 369. The zero-order valence-corrected chi connectivity index (χ0v) is 10.0. The molecule has 0 aliphatic carbocycles. The second kappa shape index (κ2) is 6.61. The summed E-state index contributed by atoms with van der Waals surface area (Å²) in [5.41, 5.74) is 6.16. The Morgan fingerprint density at radius 2 is 1.94 bits per heavy atom. The van der Waals surface area contributed by atoms with Crippen molar-refractivity contribution in [2.24, 2.45) is 5.73 Å². The number of nitrogens with two attached hydrogens (primary N) is 1. The van der Waals surface area contributed by atoms with Gasteiger partial charge in [-0.3, -0.25) is 0 Å². The lowest BCUT2D eigenvalue weighted by Crippen LogP contribution is -2.20. The monoisotopic (exact) mass is 263 g/mol. The average molecular weight is 263 g/mol. The molecule has 1 unspecified atom stereocenters. The lowest BCUT2D eigenvalue weighted by atomic mass is 10.0. The quantitative estimate of drug-likeness (QED) is 0.802. The van der Waals surface area contributed by atoms with Gasteiger partial charge in [0.15, 0.2) is 0 Å². The number of hydrogen-bond acceptors (Lipinski definition) is 3. The minimum Gasteiger partial charge on any atom is -0.405 e. The van der Waals surface area contributed by atoms with Gasteiger partial charge in [0.05, 0.1) is 0 Å². The summed E-state index contributed by atoms with van der Waals surface area (Å²) in [6, 6.07) is 5.33. The third kappa shape index (κ3) is 4.93. The predicted octanol–water partition coefficient (Wildman–Crippen LogP) is 3.01. The first-order valence-corrected chi connectivity index (χ1v) is 5.62. The Labute approximate surface area is 104 Å². The molecule has 0 saturated carbocycles. The van der Waals surface area contributed by atoms with Gasteiger partial charge in [-0.05, 0) is 19.4 Å². The summed E-state index contributed by atoms with van der Waals surface area (Å²) in [6.07, 6.45) is -4.28. The van der Waals surface area contributed by atoms with E-state index in [4.69, 9.17) is 10.5 Å². The highest BCUT2D eigenvalue weighted by Crippen LogP contribution is 2.30. The van der Waals surface area contributed by atoms with Crippen LogP contribution < -0.4 is 10.5 Å². The molecule has 1 aromatic carbocycles. The van der Waals surface area contributed by atoms with Crippen molar-refractivity contribution in [2.75, 3.05) is 13.2 Å². The van der Waals surface area contributed by atoms with E-state index in [2.05, 4.69) is 4.74 Å². The van der Waals surface area contributed by atoms with Crippen LogP contribution in [-0.4, -0.2) is 19.6 Å². The minimum atomic E-state index is -4.71. The van der Waals surface area contributed by atoms with Gasteiger partial charge in [0.25, 0.3) is 0 Å². The third-order valence-electron chi connectivity index (χ3n) is 2.32. The Hall–Kier alpha value is -1.27. The summed E-state index contributed by atoms with van der Waals surface area (Å²) in [7, 11) is 0. The first-order valence-electron chi connectivity index (χ1n) is 5.62. The van der Waals surface area contributed by atoms with Crippen molar-refractivity contribution in [1.82, 2.24) is 0 Å². The van der Waals surface area contributed by atoms with E-state index < -0.39 is 12.4 Å². The molecule has 2 N–H and O–H groups in total. The number of hydrogen-bond donors (Lipinski definition) is 1.